The summed E-state index contributed by atoms with van der Waals surface area (Å²) in [5.41, 5.74) is 18.4. The lowest BCUT2D eigenvalue weighted by molar-refractivity contribution is 0.488. The Hall–Kier alpha value is -9.06. The Bertz CT molecular complexity index is 3880. The SMILES string of the molecule is c1ccc(-c2ccc(N3c4ccc(-c5ccccc5)cc4B4c5cc6c(cc5Oc5cccc3c54)c3c4ccccc4c(N(c4ccccc4)c4ccccc4)cc3n6-c3ccccc3)cc2)cc1. The minimum atomic E-state index is -0.107. The van der Waals surface area contributed by atoms with Crippen molar-refractivity contribution in [2.45, 2.75) is 0 Å². The molecule has 0 radical (unpaired) electrons. The van der Waals surface area contributed by atoms with E-state index < -0.39 is 0 Å². The summed E-state index contributed by atoms with van der Waals surface area (Å²) < 4.78 is 9.71. The summed E-state index contributed by atoms with van der Waals surface area (Å²) in [5.74, 6) is 1.76. The molecule has 2 aliphatic rings. The van der Waals surface area contributed by atoms with Crippen molar-refractivity contribution in [2.24, 2.45) is 0 Å². The minimum absolute atomic E-state index is 0.107. The van der Waals surface area contributed by atoms with Crippen molar-refractivity contribution in [3.05, 3.63) is 255 Å². The van der Waals surface area contributed by atoms with Crippen molar-refractivity contribution >= 4 is 89.8 Å². The molecule has 5 heteroatoms. The number of nitrogens with zero attached hydrogens (tertiary/aromatic N) is 3. The van der Waals surface area contributed by atoms with Crippen LogP contribution in [0.2, 0.25) is 0 Å². The molecule has 11 aromatic carbocycles. The number of fused-ring (bicyclic) bond motifs is 9. The highest BCUT2D eigenvalue weighted by Gasteiger charge is 2.42. The molecule has 0 spiro atoms. The molecule has 0 bridgehead atoms. The quantitative estimate of drug-likeness (QED) is 0.149. The lowest BCUT2D eigenvalue weighted by atomic mass is 9.34. The molecule has 4 nitrogen and oxygen atoms in total. The van der Waals surface area contributed by atoms with Crippen LogP contribution in [0.4, 0.5) is 34.1 Å². The van der Waals surface area contributed by atoms with E-state index >= 15 is 0 Å². The van der Waals surface area contributed by atoms with Gasteiger partial charge in [-0.05, 0) is 129 Å². The van der Waals surface area contributed by atoms with Gasteiger partial charge in [-0.2, -0.15) is 0 Å². The molecule has 1 aromatic heterocycles. The monoisotopic (exact) mass is 879 g/mol. The highest BCUT2D eigenvalue weighted by Crippen LogP contribution is 2.48. The predicted molar refractivity (Wildman–Crippen MR) is 290 cm³/mol. The van der Waals surface area contributed by atoms with Crippen LogP contribution in [-0.2, 0) is 0 Å². The molecule has 0 N–H and O–H groups in total. The Balaban J connectivity index is 1.04. The van der Waals surface area contributed by atoms with Gasteiger partial charge in [0, 0.05) is 50.3 Å². The fourth-order valence-corrected chi connectivity index (χ4v) is 11.2. The minimum Gasteiger partial charge on any atom is -0.458 e. The van der Waals surface area contributed by atoms with Gasteiger partial charge in [-0.3, -0.25) is 0 Å². The summed E-state index contributed by atoms with van der Waals surface area (Å²) in [7, 11) is 0. The third kappa shape index (κ3) is 6.25. The van der Waals surface area contributed by atoms with Crippen LogP contribution < -0.4 is 30.9 Å². The molecule has 0 saturated carbocycles. The van der Waals surface area contributed by atoms with E-state index in [1.54, 1.807) is 0 Å². The van der Waals surface area contributed by atoms with Gasteiger partial charge in [-0.15, -0.1) is 0 Å². The smallest absolute Gasteiger partial charge is 0.256 e. The number of para-hydroxylation sites is 3. The molecule has 0 atom stereocenters. The van der Waals surface area contributed by atoms with Gasteiger partial charge in [0.2, 0.25) is 0 Å². The molecule has 0 unspecified atom stereocenters. The fourth-order valence-electron chi connectivity index (χ4n) is 11.2. The summed E-state index contributed by atoms with van der Waals surface area (Å²) >= 11 is 0. The first-order valence-electron chi connectivity index (χ1n) is 23.7. The molecule has 322 valence electrons. The van der Waals surface area contributed by atoms with Gasteiger partial charge in [0.15, 0.2) is 0 Å². The third-order valence-corrected chi connectivity index (χ3v) is 14.2. The van der Waals surface area contributed by atoms with E-state index in [9.17, 15) is 0 Å². The molecule has 69 heavy (non-hydrogen) atoms. The molecule has 0 saturated heterocycles. The topological polar surface area (TPSA) is 20.6 Å². The molecule has 3 heterocycles. The molecule has 14 rings (SSSR count). The van der Waals surface area contributed by atoms with Crippen molar-refractivity contribution in [1.82, 2.24) is 4.57 Å². The van der Waals surface area contributed by atoms with E-state index in [0.29, 0.717) is 0 Å². The van der Waals surface area contributed by atoms with Crippen LogP contribution in [0.25, 0.3) is 60.5 Å². The van der Waals surface area contributed by atoms with Crippen LogP contribution in [-0.4, -0.2) is 11.3 Å². The van der Waals surface area contributed by atoms with Gasteiger partial charge in [0.05, 0.1) is 16.7 Å². The second-order valence-electron chi connectivity index (χ2n) is 18.0. The lowest BCUT2D eigenvalue weighted by Gasteiger charge is -2.40. The van der Waals surface area contributed by atoms with E-state index in [4.69, 9.17) is 4.74 Å². The Morgan fingerprint density at radius 3 is 1.62 bits per heavy atom. The average molecular weight is 880 g/mol. The van der Waals surface area contributed by atoms with E-state index in [-0.39, 0.29) is 6.71 Å². The Kier molecular flexibility index (Phi) is 8.96. The first kappa shape index (κ1) is 39.1. The summed E-state index contributed by atoms with van der Waals surface area (Å²) in [6.45, 7) is -0.107. The van der Waals surface area contributed by atoms with Crippen molar-refractivity contribution in [3.8, 4) is 39.4 Å². The number of ether oxygens (including phenoxy) is 1. The molecule has 0 amide bonds. The molecular formula is C64H42BN3O. The molecule has 0 fully saturated rings. The maximum atomic E-state index is 7.23. The van der Waals surface area contributed by atoms with Crippen LogP contribution in [0.5, 0.6) is 11.5 Å². The van der Waals surface area contributed by atoms with Crippen LogP contribution in [0.1, 0.15) is 0 Å². The zero-order valence-corrected chi connectivity index (χ0v) is 37.6. The predicted octanol–water partition coefficient (Wildman–Crippen LogP) is 15.1. The van der Waals surface area contributed by atoms with E-state index in [2.05, 4.69) is 269 Å². The summed E-state index contributed by atoms with van der Waals surface area (Å²) in [5, 5.41) is 4.70. The number of hydrogen-bond acceptors (Lipinski definition) is 3. The zero-order valence-electron chi connectivity index (χ0n) is 37.6. The van der Waals surface area contributed by atoms with Crippen molar-refractivity contribution in [2.75, 3.05) is 9.80 Å². The van der Waals surface area contributed by atoms with Crippen LogP contribution in [0.3, 0.4) is 0 Å². The van der Waals surface area contributed by atoms with Gasteiger partial charge < -0.3 is 19.1 Å². The average Bonchev–Trinajstić information content (AvgIpc) is 3.74. The molecule has 12 aromatic rings. The third-order valence-electron chi connectivity index (χ3n) is 14.2. The fraction of sp³-hybridized carbons (Fsp3) is 0. The summed E-state index contributed by atoms with van der Waals surface area (Å²) in [6.07, 6.45) is 0. The summed E-state index contributed by atoms with van der Waals surface area (Å²) in [6, 6.07) is 92.3. The highest BCUT2D eigenvalue weighted by molar-refractivity contribution is 6.99. The second kappa shape index (κ2) is 15.8. The van der Waals surface area contributed by atoms with Crippen molar-refractivity contribution in [3.63, 3.8) is 0 Å². The normalized spacial score (nSPS) is 12.4. The number of hydrogen-bond donors (Lipinski definition) is 0. The van der Waals surface area contributed by atoms with Crippen LogP contribution in [0, 0.1) is 0 Å². The van der Waals surface area contributed by atoms with Crippen LogP contribution in [0.15, 0.2) is 255 Å². The Morgan fingerprint density at radius 1 is 0.362 bits per heavy atom. The Morgan fingerprint density at radius 2 is 0.942 bits per heavy atom. The number of anilines is 6. The van der Waals surface area contributed by atoms with E-state index in [1.165, 1.54) is 49.3 Å². The lowest BCUT2D eigenvalue weighted by Crippen LogP contribution is -2.59. The first-order chi connectivity index (χ1) is 34.2. The van der Waals surface area contributed by atoms with Crippen molar-refractivity contribution < 1.29 is 4.74 Å². The van der Waals surface area contributed by atoms with Gasteiger partial charge >= 0.3 is 0 Å². The first-order valence-corrected chi connectivity index (χ1v) is 23.7. The maximum Gasteiger partial charge on any atom is 0.256 e. The van der Waals surface area contributed by atoms with Gasteiger partial charge in [0.25, 0.3) is 6.71 Å². The number of rotatable bonds is 7. The zero-order chi connectivity index (χ0) is 45.4. The largest absolute Gasteiger partial charge is 0.458 e. The number of benzene rings is 11. The Labute approximate surface area is 401 Å². The van der Waals surface area contributed by atoms with E-state index in [1.807, 2.05) is 0 Å². The maximum absolute atomic E-state index is 7.23. The summed E-state index contributed by atoms with van der Waals surface area (Å²) in [4.78, 5) is 4.83. The van der Waals surface area contributed by atoms with Crippen molar-refractivity contribution in [1.29, 1.82) is 0 Å². The van der Waals surface area contributed by atoms with Gasteiger partial charge in [0.1, 0.15) is 11.5 Å². The molecule has 0 aliphatic carbocycles. The van der Waals surface area contributed by atoms with Gasteiger partial charge in [-0.1, -0.05) is 170 Å². The van der Waals surface area contributed by atoms with Crippen LogP contribution >= 0.6 is 0 Å². The highest BCUT2D eigenvalue weighted by atomic mass is 16.5. The standard InChI is InChI=1S/C64H42BN3O/c1-6-19-43(20-7-1)45-33-36-50(37-34-45)67-56-38-35-46(44-21-8-2-9-22-44)39-54(56)65-55-41-58-53(40-62(55)69-61-32-18-31-57(67)64(61)65)63-52-30-17-16-29-51(52)59(42-60(63)68(58)49-27-14-5-15-28-49)66(47-23-10-3-11-24-47)48-25-12-4-13-26-48/h1-42H. The molecule has 2 aliphatic heterocycles. The van der Waals surface area contributed by atoms with E-state index in [0.717, 1.165) is 73.2 Å². The second-order valence-corrected chi connectivity index (χ2v) is 18.0. The van der Waals surface area contributed by atoms with Gasteiger partial charge in [-0.25, -0.2) is 0 Å². The molecular weight excluding hydrogens is 838 g/mol. The number of aromatic nitrogens is 1.